The van der Waals surface area contributed by atoms with Crippen molar-refractivity contribution in [2.45, 2.75) is 46.1 Å². The average molecular weight is 528 g/mol. The van der Waals surface area contributed by atoms with Gasteiger partial charge in [0.15, 0.2) is 17.2 Å². The number of ether oxygens (including phenoxy) is 3. The van der Waals surface area contributed by atoms with Crippen LogP contribution in [0.1, 0.15) is 46.1 Å². The second-order valence-corrected chi connectivity index (χ2v) is 8.44. The maximum atomic E-state index is 12.3. The van der Waals surface area contributed by atoms with E-state index in [0.29, 0.717) is 5.75 Å². The molecule has 0 unspecified atom stereocenters. The summed E-state index contributed by atoms with van der Waals surface area (Å²) in [5, 5.41) is 2.48. The number of esters is 1. The third-order valence-electron chi connectivity index (χ3n) is 4.08. The predicted octanol–water partition coefficient (Wildman–Crippen LogP) is 3.87. The molecule has 1 aromatic carbocycles. The Kier molecular flexibility index (Phi) is 7.45. The van der Waals surface area contributed by atoms with Gasteiger partial charge in [-0.05, 0) is 54.5 Å². The summed E-state index contributed by atoms with van der Waals surface area (Å²) in [4.78, 5) is 31.6. The number of carbonyl (C=O) groups excluding carboxylic acids is 2. The summed E-state index contributed by atoms with van der Waals surface area (Å²) in [5.74, 6) is 0.643. The van der Waals surface area contributed by atoms with Crippen molar-refractivity contribution in [2.24, 2.45) is 0 Å². The van der Waals surface area contributed by atoms with E-state index in [1.54, 1.807) is 7.11 Å². The Hall–Kier alpha value is -2.63. The van der Waals surface area contributed by atoms with Gasteiger partial charge in [-0.25, -0.2) is 4.98 Å². The molecule has 2 aromatic rings. The Bertz CT molecular complexity index is 962. The van der Waals surface area contributed by atoms with Crippen LogP contribution >= 0.6 is 22.6 Å². The van der Waals surface area contributed by atoms with Crippen molar-refractivity contribution in [1.29, 1.82) is 0 Å². The number of hydrogen-bond acceptors (Lipinski definition) is 8. The van der Waals surface area contributed by atoms with Crippen molar-refractivity contribution in [3.8, 4) is 17.2 Å². The molecule has 1 aromatic heterocycles. The molecule has 9 nitrogen and oxygen atoms in total. The molecule has 0 saturated heterocycles. The van der Waals surface area contributed by atoms with E-state index in [-0.39, 0.29) is 23.4 Å². The first kappa shape index (κ1) is 23.6. The van der Waals surface area contributed by atoms with E-state index in [9.17, 15) is 9.59 Å². The molecule has 10 heteroatoms. The lowest BCUT2D eigenvalue weighted by molar-refractivity contribution is -0.160. The Morgan fingerprint density at radius 1 is 1.20 bits per heavy atom. The van der Waals surface area contributed by atoms with E-state index < -0.39 is 17.5 Å². The standard InChI is InChI=1S/C20H25IN4O5/c1-10(2)12-7-15(28-6)13(21)8-14(12)29-16-9-23-19(24-17(16)22)25-18(27)20(4,5)30-11(3)26/h7-10H,1-6H3,(H3,22,23,24,25,27). The summed E-state index contributed by atoms with van der Waals surface area (Å²) in [7, 11) is 1.61. The molecular formula is C20H25IN4O5. The van der Waals surface area contributed by atoms with Gasteiger partial charge in [0.05, 0.1) is 16.9 Å². The molecule has 0 saturated carbocycles. The fraction of sp³-hybridized carbons (Fsp3) is 0.400. The topological polar surface area (TPSA) is 126 Å². The molecule has 0 spiro atoms. The maximum Gasteiger partial charge on any atom is 0.303 e. The number of benzene rings is 1. The second-order valence-electron chi connectivity index (χ2n) is 7.28. The first-order valence-corrected chi connectivity index (χ1v) is 10.2. The van der Waals surface area contributed by atoms with E-state index in [1.807, 2.05) is 26.0 Å². The monoisotopic (exact) mass is 528 g/mol. The number of carbonyl (C=O) groups is 2. The van der Waals surface area contributed by atoms with Crippen molar-refractivity contribution in [3.05, 3.63) is 27.5 Å². The Morgan fingerprint density at radius 3 is 2.40 bits per heavy atom. The van der Waals surface area contributed by atoms with Gasteiger partial charge in [-0.2, -0.15) is 4.98 Å². The van der Waals surface area contributed by atoms with Crippen LogP contribution in [-0.4, -0.2) is 34.6 Å². The largest absolute Gasteiger partial charge is 0.496 e. The van der Waals surface area contributed by atoms with Gasteiger partial charge >= 0.3 is 5.97 Å². The molecule has 0 fully saturated rings. The number of nitrogen functional groups attached to an aromatic ring is 1. The molecule has 0 radical (unpaired) electrons. The van der Waals surface area contributed by atoms with Gasteiger partial charge in [-0.1, -0.05) is 13.8 Å². The number of methoxy groups -OCH3 is 1. The number of aromatic nitrogens is 2. The van der Waals surface area contributed by atoms with Gasteiger partial charge < -0.3 is 19.9 Å². The van der Waals surface area contributed by atoms with E-state index >= 15 is 0 Å². The van der Waals surface area contributed by atoms with Crippen molar-refractivity contribution < 1.29 is 23.8 Å². The first-order valence-electron chi connectivity index (χ1n) is 9.13. The Labute approximate surface area is 188 Å². The van der Waals surface area contributed by atoms with Crippen LogP contribution in [0.5, 0.6) is 17.2 Å². The predicted molar refractivity (Wildman–Crippen MR) is 121 cm³/mol. The third kappa shape index (κ3) is 5.71. The van der Waals surface area contributed by atoms with Crippen molar-refractivity contribution in [3.63, 3.8) is 0 Å². The lowest BCUT2D eigenvalue weighted by atomic mass is 10.0. The minimum atomic E-state index is -1.38. The molecule has 1 amide bonds. The van der Waals surface area contributed by atoms with E-state index in [2.05, 4.69) is 37.9 Å². The highest BCUT2D eigenvalue weighted by Gasteiger charge is 2.31. The quantitative estimate of drug-likeness (QED) is 0.410. The van der Waals surface area contributed by atoms with Crippen LogP contribution in [0.2, 0.25) is 0 Å². The number of nitrogens with zero attached hydrogens (tertiary/aromatic N) is 2. The number of hydrogen-bond donors (Lipinski definition) is 2. The molecular weight excluding hydrogens is 503 g/mol. The van der Waals surface area contributed by atoms with Crippen LogP contribution in [0.25, 0.3) is 0 Å². The van der Waals surface area contributed by atoms with Gasteiger partial charge in [0.1, 0.15) is 11.5 Å². The number of nitrogens with one attached hydrogen (secondary N) is 1. The SMILES string of the molecule is COc1cc(C(C)C)c(Oc2cnc(NC(=O)C(C)(C)OC(C)=O)nc2N)cc1I. The Morgan fingerprint density at radius 2 is 1.87 bits per heavy atom. The van der Waals surface area contributed by atoms with Crippen LogP contribution in [-0.2, 0) is 14.3 Å². The van der Waals surface area contributed by atoms with Crippen molar-refractivity contribution in [2.75, 3.05) is 18.2 Å². The normalized spacial score (nSPS) is 11.2. The van der Waals surface area contributed by atoms with Crippen LogP contribution in [0.15, 0.2) is 18.3 Å². The van der Waals surface area contributed by atoms with Crippen molar-refractivity contribution >= 4 is 46.2 Å². The zero-order chi connectivity index (χ0) is 22.6. The molecule has 162 valence electrons. The summed E-state index contributed by atoms with van der Waals surface area (Å²) < 4.78 is 17.2. The van der Waals surface area contributed by atoms with E-state index in [4.69, 9.17) is 19.9 Å². The molecule has 3 N–H and O–H groups in total. The summed E-state index contributed by atoms with van der Waals surface area (Å²) in [6, 6.07) is 3.77. The van der Waals surface area contributed by atoms with Gasteiger partial charge in [0, 0.05) is 12.5 Å². The third-order valence-corrected chi connectivity index (χ3v) is 4.92. The fourth-order valence-corrected chi connectivity index (χ4v) is 3.20. The highest BCUT2D eigenvalue weighted by Crippen LogP contribution is 2.37. The van der Waals surface area contributed by atoms with Gasteiger partial charge in [-0.15, -0.1) is 0 Å². The minimum absolute atomic E-state index is 0.0292. The molecule has 30 heavy (non-hydrogen) atoms. The smallest absolute Gasteiger partial charge is 0.303 e. The number of anilines is 2. The van der Waals surface area contributed by atoms with Crippen LogP contribution in [0, 0.1) is 3.57 Å². The zero-order valence-electron chi connectivity index (χ0n) is 17.7. The minimum Gasteiger partial charge on any atom is -0.496 e. The summed E-state index contributed by atoms with van der Waals surface area (Å²) >= 11 is 2.16. The number of amides is 1. The van der Waals surface area contributed by atoms with Gasteiger partial charge in [-0.3, -0.25) is 14.9 Å². The van der Waals surface area contributed by atoms with Crippen LogP contribution in [0.3, 0.4) is 0 Å². The molecule has 0 aliphatic heterocycles. The molecule has 0 aliphatic rings. The molecule has 0 bridgehead atoms. The summed E-state index contributed by atoms with van der Waals surface area (Å²) in [5.41, 5.74) is 5.57. The molecule has 2 rings (SSSR count). The highest BCUT2D eigenvalue weighted by molar-refractivity contribution is 14.1. The second kappa shape index (κ2) is 9.45. The Balaban J connectivity index is 2.26. The van der Waals surface area contributed by atoms with E-state index in [1.165, 1.54) is 27.0 Å². The highest BCUT2D eigenvalue weighted by atomic mass is 127. The van der Waals surface area contributed by atoms with Gasteiger partial charge in [0.2, 0.25) is 5.95 Å². The lowest BCUT2D eigenvalue weighted by Crippen LogP contribution is -2.41. The van der Waals surface area contributed by atoms with E-state index in [0.717, 1.165) is 14.9 Å². The number of rotatable bonds is 7. The number of halogens is 1. The zero-order valence-corrected chi connectivity index (χ0v) is 19.9. The number of nitrogens with two attached hydrogens (primary N) is 1. The maximum absolute atomic E-state index is 12.3. The summed E-state index contributed by atoms with van der Waals surface area (Å²) in [6.07, 6.45) is 1.37. The first-order chi connectivity index (χ1) is 13.9. The van der Waals surface area contributed by atoms with Crippen LogP contribution in [0.4, 0.5) is 11.8 Å². The average Bonchev–Trinajstić information content (AvgIpc) is 2.62. The van der Waals surface area contributed by atoms with Gasteiger partial charge in [0.25, 0.3) is 5.91 Å². The lowest BCUT2D eigenvalue weighted by Gasteiger charge is -2.22. The van der Waals surface area contributed by atoms with Crippen molar-refractivity contribution in [1.82, 2.24) is 9.97 Å². The molecule has 1 heterocycles. The summed E-state index contributed by atoms with van der Waals surface area (Å²) in [6.45, 7) is 8.23. The molecule has 0 aliphatic carbocycles. The fourth-order valence-electron chi connectivity index (χ4n) is 2.55. The van der Waals surface area contributed by atoms with Crippen LogP contribution < -0.4 is 20.5 Å². The molecule has 0 atom stereocenters.